The van der Waals surface area contributed by atoms with Crippen LogP contribution >= 0.6 is 11.3 Å². The molecular weight excluding hydrogens is 363 g/mol. The molecule has 1 N–H and O–H groups in total. The highest BCUT2D eigenvalue weighted by atomic mass is 32.1. The molecule has 0 fully saturated rings. The molecule has 0 atom stereocenters. The second-order valence-corrected chi connectivity index (χ2v) is 6.77. The van der Waals surface area contributed by atoms with Gasteiger partial charge < -0.3 is 5.32 Å². The molecule has 8 heteroatoms. The Hall–Kier alpha value is -2.61. The van der Waals surface area contributed by atoms with Crippen molar-refractivity contribution in [3.63, 3.8) is 0 Å². The SMILES string of the molecule is CC(C)n1ncc(C(=O)Nc2cccc(-c3ccsc3)c2)c1C(F)(F)F. The molecule has 2 aromatic heterocycles. The molecule has 0 aliphatic rings. The molecule has 0 bridgehead atoms. The molecule has 136 valence electrons. The maximum atomic E-state index is 13.4. The molecule has 0 saturated heterocycles. The van der Waals surface area contributed by atoms with Crippen molar-refractivity contribution in [1.29, 1.82) is 0 Å². The fourth-order valence-electron chi connectivity index (χ4n) is 2.61. The number of halogens is 3. The fourth-order valence-corrected chi connectivity index (χ4v) is 3.27. The summed E-state index contributed by atoms with van der Waals surface area (Å²) < 4.78 is 41.1. The monoisotopic (exact) mass is 379 g/mol. The van der Waals surface area contributed by atoms with Gasteiger partial charge in [-0.15, -0.1) is 0 Å². The first-order chi connectivity index (χ1) is 12.3. The Morgan fingerprint density at radius 3 is 2.62 bits per heavy atom. The Morgan fingerprint density at radius 2 is 2.00 bits per heavy atom. The van der Waals surface area contributed by atoms with E-state index in [1.807, 2.05) is 22.9 Å². The second-order valence-electron chi connectivity index (χ2n) is 5.99. The first-order valence-corrected chi connectivity index (χ1v) is 8.80. The molecule has 0 saturated carbocycles. The summed E-state index contributed by atoms with van der Waals surface area (Å²) in [6.45, 7) is 3.16. The first kappa shape index (κ1) is 18.2. The van der Waals surface area contributed by atoms with Crippen LogP contribution in [0.3, 0.4) is 0 Å². The molecule has 0 unspecified atom stereocenters. The van der Waals surface area contributed by atoms with Gasteiger partial charge in [-0.2, -0.15) is 29.6 Å². The Bertz CT molecular complexity index is 914. The van der Waals surface area contributed by atoms with Crippen LogP contribution < -0.4 is 5.32 Å². The van der Waals surface area contributed by atoms with E-state index in [0.717, 1.165) is 22.0 Å². The zero-order chi connectivity index (χ0) is 18.9. The van der Waals surface area contributed by atoms with Gasteiger partial charge in [-0.3, -0.25) is 9.48 Å². The van der Waals surface area contributed by atoms with Crippen LogP contribution in [0, 0.1) is 0 Å². The maximum Gasteiger partial charge on any atom is 0.433 e. The smallest absolute Gasteiger partial charge is 0.322 e. The lowest BCUT2D eigenvalue weighted by Crippen LogP contribution is -2.22. The molecule has 0 aliphatic heterocycles. The predicted octanol–water partition coefficient (Wildman–Crippen LogP) is 5.46. The number of carbonyl (C=O) groups is 1. The first-order valence-electron chi connectivity index (χ1n) is 7.86. The van der Waals surface area contributed by atoms with Gasteiger partial charge in [0.1, 0.15) is 0 Å². The topological polar surface area (TPSA) is 46.9 Å². The largest absolute Gasteiger partial charge is 0.433 e. The van der Waals surface area contributed by atoms with Crippen LogP contribution in [0.15, 0.2) is 47.3 Å². The van der Waals surface area contributed by atoms with Crippen molar-refractivity contribution in [3.05, 3.63) is 58.5 Å². The van der Waals surface area contributed by atoms with Crippen molar-refractivity contribution in [3.8, 4) is 11.1 Å². The van der Waals surface area contributed by atoms with Crippen LogP contribution in [-0.4, -0.2) is 15.7 Å². The third-order valence-electron chi connectivity index (χ3n) is 3.77. The zero-order valence-electron chi connectivity index (χ0n) is 14.0. The number of nitrogens with zero attached hydrogens (tertiary/aromatic N) is 2. The number of amides is 1. The highest BCUT2D eigenvalue weighted by Gasteiger charge is 2.40. The summed E-state index contributed by atoms with van der Waals surface area (Å²) in [5, 5.41) is 10.2. The van der Waals surface area contributed by atoms with E-state index >= 15 is 0 Å². The number of thiophene rings is 1. The Kier molecular flexibility index (Phi) is 4.86. The number of carbonyl (C=O) groups excluding carboxylic acids is 1. The minimum atomic E-state index is -4.67. The summed E-state index contributed by atoms with van der Waals surface area (Å²) in [6, 6.07) is 8.38. The van der Waals surface area contributed by atoms with Gasteiger partial charge in [0, 0.05) is 11.7 Å². The van der Waals surface area contributed by atoms with Gasteiger partial charge in [0.05, 0.1) is 11.8 Å². The van der Waals surface area contributed by atoms with Gasteiger partial charge in [0.25, 0.3) is 5.91 Å². The van der Waals surface area contributed by atoms with Crippen molar-refractivity contribution >= 4 is 22.9 Å². The van der Waals surface area contributed by atoms with Crippen molar-refractivity contribution in [1.82, 2.24) is 9.78 Å². The van der Waals surface area contributed by atoms with E-state index in [9.17, 15) is 18.0 Å². The third kappa shape index (κ3) is 3.65. The summed E-state index contributed by atoms with van der Waals surface area (Å²) in [6.07, 6.45) is -3.72. The fraction of sp³-hybridized carbons (Fsp3) is 0.222. The van der Waals surface area contributed by atoms with Crippen LogP contribution in [0.5, 0.6) is 0 Å². The highest BCUT2D eigenvalue weighted by molar-refractivity contribution is 7.08. The Morgan fingerprint density at radius 1 is 1.23 bits per heavy atom. The lowest BCUT2D eigenvalue weighted by molar-refractivity contribution is -0.145. The molecular formula is C18H16F3N3OS. The summed E-state index contributed by atoms with van der Waals surface area (Å²) in [7, 11) is 0. The van der Waals surface area contributed by atoms with E-state index in [1.54, 1.807) is 32.0 Å². The molecule has 0 spiro atoms. The second kappa shape index (κ2) is 6.95. The lowest BCUT2D eigenvalue weighted by Gasteiger charge is -2.15. The number of hydrogen-bond acceptors (Lipinski definition) is 3. The van der Waals surface area contributed by atoms with Crippen LogP contribution in [0.25, 0.3) is 11.1 Å². The number of anilines is 1. The highest BCUT2D eigenvalue weighted by Crippen LogP contribution is 2.34. The van der Waals surface area contributed by atoms with E-state index in [1.165, 1.54) is 11.3 Å². The third-order valence-corrected chi connectivity index (χ3v) is 4.46. The minimum absolute atomic E-state index is 0.420. The normalized spacial score (nSPS) is 11.8. The van der Waals surface area contributed by atoms with Gasteiger partial charge in [-0.25, -0.2) is 0 Å². The molecule has 0 aliphatic carbocycles. The summed E-state index contributed by atoms with van der Waals surface area (Å²) in [5.41, 5.74) is 0.739. The molecule has 4 nitrogen and oxygen atoms in total. The number of alkyl halides is 3. The van der Waals surface area contributed by atoms with E-state index in [-0.39, 0.29) is 0 Å². The van der Waals surface area contributed by atoms with Crippen LogP contribution in [0.2, 0.25) is 0 Å². The molecule has 1 amide bonds. The summed E-state index contributed by atoms with van der Waals surface area (Å²) >= 11 is 1.54. The molecule has 3 rings (SSSR count). The molecule has 3 aromatic rings. The summed E-state index contributed by atoms with van der Waals surface area (Å²) in [5.74, 6) is -0.841. The van der Waals surface area contributed by atoms with Gasteiger partial charge in [0.15, 0.2) is 5.69 Å². The average Bonchev–Trinajstić information content (AvgIpc) is 3.24. The number of hydrogen-bond donors (Lipinski definition) is 1. The molecule has 0 radical (unpaired) electrons. The van der Waals surface area contributed by atoms with Gasteiger partial charge in [-0.1, -0.05) is 12.1 Å². The number of nitrogens with one attached hydrogen (secondary N) is 1. The van der Waals surface area contributed by atoms with E-state index in [4.69, 9.17) is 0 Å². The van der Waals surface area contributed by atoms with Crippen LogP contribution in [-0.2, 0) is 6.18 Å². The number of rotatable bonds is 4. The standard InChI is InChI=1S/C18H16F3N3OS/c1-11(2)24-16(18(19,20)21)15(9-22-24)17(25)23-14-5-3-4-12(8-14)13-6-7-26-10-13/h3-11H,1-2H3,(H,23,25). The van der Waals surface area contributed by atoms with Crippen molar-refractivity contribution in [2.45, 2.75) is 26.1 Å². The van der Waals surface area contributed by atoms with E-state index in [2.05, 4.69) is 10.4 Å². The lowest BCUT2D eigenvalue weighted by atomic mass is 10.1. The van der Waals surface area contributed by atoms with Crippen molar-refractivity contribution < 1.29 is 18.0 Å². The van der Waals surface area contributed by atoms with Crippen LogP contribution in [0.4, 0.5) is 18.9 Å². The zero-order valence-corrected chi connectivity index (χ0v) is 14.9. The van der Waals surface area contributed by atoms with E-state index < -0.39 is 29.4 Å². The average molecular weight is 379 g/mol. The Balaban J connectivity index is 1.91. The van der Waals surface area contributed by atoms with Gasteiger partial charge >= 0.3 is 6.18 Å². The number of benzene rings is 1. The minimum Gasteiger partial charge on any atom is -0.322 e. The van der Waals surface area contributed by atoms with Crippen molar-refractivity contribution in [2.24, 2.45) is 0 Å². The Labute approximate surface area is 152 Å². The molecule has 26 heavy (non-hydrogen) atoms. The van der Waals surface area contributed by atoms with Gasteiger partial charge in [0.2, 0.25) is 0 Å². The van der Waals surface area contributed by atoms with Crippen LogP contribution in [0.1, 0.15) is 35.9 Å². The predicted molar refractivity (Wildman–Crippen MR) is 95.3 cm³/mol. The maximum absolute atomic E-state index is 13.4. The van der Waals surface area contributed by atoms with Crippen molar-refractivity contribution in [2.75, 3.05) is 5.32 Å². The quantitative estimate of drug-likeness (QED) is 0.654. The number of aromatic nitrogens is 2. The van der Waals surface area contributed by atoms with Gasteiger partial charge in [-0.05, 0) is 53.9 Å². The summed E-state index contributed by atoms with van der Waals surface area (Å²) in [4.78, 5) is 12.5. The van der Waals surface area contributed by atoms with E-state index in [0.29, 0.717) is 5.69 Å². The molecule has 1 aromatic carbocycles. The molecule has 2 heterocycles.